The van der Waals surface area contributed by atoms with Crippen molar-refractivity contribution in [2.24, 2.45) is 0 Å². The van der Waals surface area contributed by atoms with Crippen molar-refractivity contribution in [1.29, 1.82) is 0 Å². The SMILES string of the molecule is c1ccc(-c2cc(-c3ccccc3)cc(-c3cccc(-c4cccc(-c5cccc(-c6nc(-c7ccccc7)cc(-c7ccccc7)n6)c5)c4)c3)c2)cc1. The fourth-order valence-corrected chi connectivity index (χ4v) is 7.07. The Balaban J connectivity index is 1.08. The summed E-state index contributed by atoms with van der Waals surface area (Å²) in [5.74, 6) is 0.702. The quantitative estimate of drug-likeness (QED) is 0.159. The van der Waals surface area contributed by atoms with Crippen LogP contribution in [0.3, 0.4) is 0 Å². The highest BCUT2D eigenvalue weighted by Gasteiger charge is 2.13. The summed E-state index contributed by atoms with van der Waals surface area (Å²) in [7, 11) is 0. The van der Waals surface area contributed by atoms with Gasteiger partial charge in [0.05, 0.1) is 11.4 Å². The van der Waals surface area contributed by atoms with E-state index in [0.29, 0.717) is 5.82 Å². The summed E-state index contributed by atoms with van der Waals surface area (Å²) >= 11 is 0. The topological polar surface area (TPSA) is 25.8 Å². The third kappa shape index (κ3) is 7.01. The average molecular weight is 689 g/mol. The van der Waals surface area contributed by atoms with Crippen molar-refractivity contribution >= 4 is 0 Å². The van der Waals surface area contributed by atoms with Gasteiger partial charge in [0.15, 0.2) is 5.82 Å². The molecule has 1 heterocycles. The van der Waals surface area contributed by atoms with Crippen LogP contribution in [0.15, 0.2) is 218 Å². The van der Waals surface area contributed by atoms with Crippen LogP contribution in [0.2, 0.25) is 0 Å². The third-order valence-electron chi connectivity index (χ3n) is 9.86. The number of hydrogen-bond acceptors (Lipinski definition) is 2. The molecular weight excluding hydrogens is 653 g/mol. The van der Waals surface area contributed by atoms with E-state index in [4.69, 9.17) is 9.97 Å². The van der Waals surface area contributed by atoms with Crippen LogP contribution >= 0.6 is 0 Å². The van der Waals surface area contributed by atoms with Crippen LogP contribution in [-0.2, 0) is 0 Å². The monoisotopic (exact) mass is 688 g/mol. The maximum atomic E-state index is 5.08. The number of nitrogens with zero attached hydrogens (tertiary/aromatic N) is 2. The van der Waals surface area contributed by atoms with Crippen molar-refractivity contribution in [2.45, 2.75) is 0 Å². The van der Waals surface area contributed by atoms with Gasteiger partial charge in [-0.25, -0.2) is 9.97 Å². The fraction of sp³-hybridized carbons (Fsp3) is 0. The molecule has 1 aromatic heterocycles. The molecule has 8 aromatic carbocycles. The summed E-state index contributed by atoms with van der Waals surface area (Å²) in [5, 5.41) is 0. The standard InChI is InChI=1S/C52H36N2/c1-5-16-37(17-6-1)47-33-48(38-18-7-2-8-19-38)35-49(34-47)45-28-14-26-43(31-45)41-24-13-25-42(30-41)44-27-15-29-46(32-44)52-53-50(39-20-9-3-10-21-39)36-51(54-52)40-22-11-4-12-23-40/h1-36H. The van der Waals surface area contributed by atoms with Crippen molar-refractivity contribution in [3.05, 3.63) is 218 Å². The highest BCUT2D eigenvalue weighted by atomic mass is 14.9. The van der Waals surface area contributed by atoms with Crippen LogP contribution in [-0.4, -0.2) is 9.97 Å². The zero-order valence-electron chi connectivity index (χ0n) is 29.7. The van der Waals surface area contributed by atoms with Crippen molar-refractivity contribution in [3.63, 3.8) is 0 Å². The minimum atomic E-state index is 0.702. The Morgan fingerprint density at radius 1 is 0.185 bits per heavy atom. The van der Waals surface area contributed by atoms with E-state index in [-0.39, 0.29) is 0 Å². The first-order valence-corrected chi connectivity index (χ1v) is 18.3. The van der Waals surface area contributed by atoms with Crippen molar-refractivity contribution in [2.75, 3.05) is 0 Å². The molecule has 54 heavy (non-hydrogen) atoms. The number of hydrogen-bond donors (Lipinski definition) is 0. The summed E-state index contributed by atoms with van der Waals surface area (Å²) < 4.78 is 0. The molecule has 0 atom stereocenters. The second-order valence-electron chi connectivity index (χ2n) is 13.5. The van der Waals surface area contributed by atoms with E-state index in [1.807, 2.05) is 36.4 Å². The first kappa shape index (κ1) is 32.7. The van der Waals surface area contributed by atoms with E-state index in [0.717, 1.165) is 44.8 Å². The molecule has 0 saturated heterocycles. The maximum absolute atomic E-state index is 5.08. The van der Waals surface area contributed by atoms with E-state index in [1.54, 1.807) is 0 Å². The van der Waals surface area contributed by atoms with Crippen molar-refractivity contribution < 1.29 is 0 Å². The van der Waals surface area contributed by atoms with Crippen LogP contribution < -0.4 is 0 Å². The Labute approximate surface area is 316 Å². The lowest BCUT2D eigenvalue weighted by Gasteiger charge is -2.13. The molecule has 2 heteroatoms. The van der Waals surface area contributed by atoms with Gasteiger partial charge in [0.25, 0.3) is 0 Å². The Morgan fingerprint density at radius 2 is 0.444 bits per heavy atom. The minimum Gasteiger partial charge on any atom is -0.228 e. The smallest absolute Gasteiger partial charge is 0.160 e. The number of rotatable bonds is 8. The first-order valence-electron chi connectivity index (χ1n) is 18.3. The molecular formula is C52H36N2. The molecule has 254 valence electrons. The molecule has 0 aliphatic rings. The lowest BCUT2D eigenvalue weighted by Crippen LogP contribution is -1.96. The van der Waals surface area contributed by atoms with Crippen LogP contribution in [0.25, 0.3) is 89.5 Å². The number of benzene rings is 8. The van der Waals surface area contributed by atoms with Gasteiger partial charge >= 0.3 is 0 Å². The van der Waals surface area contributed by atoms with E-state index in [1.165, 1.54) is 38.9 Å². The lowest BCUT2D eigenvalue weighted by atomic mass is 9.91. The second kappa shape index (κ2) is 14.8. The summed E-state index contributed by atoms with van der Waals surface area (Å²) in [6.45, 7) is 0. The molecule has 0 amide bonds. The maximum Gasteiger partial charge on any atom is 0.160 e. The largest absolute Gasteiger partial charge is 0.228 e. The van der Waals surface area contributed by atoms with Gasteiger partial charge in [0.2, 0.25) is 0 Å². The van der Waals surface area contributed by atoms with Gasteiger partial charge in [-0.1, -0.05) is 176 Å². The first-order chi connectivity index (χ1) is 26.7. The predicted octanol–water partition coefficient (Wildman–Crippen LogP) is 13.8. The molecule has 0 fully saturated rings. The molecule has 0 N–H and O–H groups in total. The molecule has 0 unspecified atom stereocenters. The highest BCUT2D eigenvalue weighted by molar-refractivity contribution is 5.84. The van der Waals surface area contributed by atoms with E-state index >= 15 is 0 Å². The summed E-state index contributed by atoms with van der Waals surface area (Å²) in [6, 6.07) is 77.1. The predicted molar refractivity (Wildman–Crippen MR) is 226 cm³/mol. The lowest BCUT2D eigenvalue weighted by molar-refractivity contribution is 1.18. The van der Waals surface area contributed by atoms with Gasteiger partial charge in [0.1, 0.15) is 0 Å². The number of aromatic nitrogens is 2. The van der Waals surface area contributed by atoms with Gasteiger partial charge in [-0.05, 0) is 98.1 Å². The van der Waals surface area contributed by atoms with Gasteiger partial charge < -0.3 is 0 Å². The van der Waals surface area contributed by atoms with Gasteiger partial charge in [-0.3, -0.25) is 0 Å². The third-order valence-corrected chi connectivity index (χ3v) is 9.86. The van der Waals surface area contributed by atoms with E-state index < -0.39 is 0 Å². The molecule has 0 bridgehead atoms. The molecule has 9 rings (SSSR count). The van der Waals surface area contributed by atoms with Gasteiger partial charge in [-0.2, -0.15) is 0 Å². The summed E-state index contributed by atoms with van der Waals surface area (Å²) in [5.41, 5.74) is 16.7. The van der Waals surface area contributed by atoms with Gasteiger partial charge in [0, 0.05) is 16.7 Å². The summed E-state index contributed by atoms with van der Waals surface area (Å²) in [4.78, 5) is 10.2. The van der Waals surface area contributed by atoms with Crippen LogP contribution in [0.5, 0.6) is 0 Å². The molecule has 0 aliphatic carbocycles. The van der Waals surface area contributed by atoms with Crippen molar-refractivity contribution in [3.8, 4) is 89.5 Å². The summed E-state index contributed by atoms with van der Waals surface area (Å²) in [6.07, 6.45) is 0. The van der Waals surface area contributed by atoms with Crippen LogP contribution in [0, 0.1) is 0 Å². The van der Waals surface area contributed by atoms with Crippen molar-refractivity contribution in [1.82, 2.24) is 9.97 Å². The Morgan fingerprint density at radius 3 is 0.833 bits per heavy atom. The molecule has 0 saturated carbocycles. The zero-order chi connectivity index (χ0) is 36.1. The highest BCUT2D eigenvalue weighted by Crippen LogP contribution is 2.36. The van der Waals surface area contributed by atoms with Crippen LogP contribution in [0.1, 0.15) is 0 Å². The zero-order valence-corrected chi connectivity index (χ0v) is 29.7. The Bertz CT molecular complexity index is 2390. The molecule has 0 spiro atoms. The average Bonchev–Trinajstić information content (AvgIpc) is 3.27. The van der Waals surface area contributed by atoms with Crippen LogP contribution in [0.4, 0.5) is 0 Å². The molecule has 2 nitrogen and oxygen atoms in total. The Kier molecular flexibility index (Phi) is 8.99. The van der Waals surface area contributed by atoms with Gasteiger partial charge in [-0.15, -0.1) is 0 Å². The van der Waals surface area contributed by atoms with E-state index in [9.17, 15) is 0 Å². The molecule has 0 aliphatic heterocycles. The Hall–Kier alpha value is -7.16. The second-order valence-corrected chi connectivity index (χ2v) is 13.5. The molecule has 9 aromatic rings. The minimum absolute atomic E-state index is 0.702. The fourth-order valence-electron chi connectivity index (χ4n) is 7.07. The normalized spacial score (nSPS) is 11.0. The van der Waals surface area contributed by atoms with E-state index in [2.05, 4.69) is 182 Å². The molecule has 0 radical (unpaired) electrons.